The molecule has 2 saturated heterocycles. The van der Waals surface area contributed by atoms with Crippen LogP contribution in [0.3, 0.4) is 0 Å². The molecule has 8 heteroatoms. The summed E-state index contributed by atoms with van der Waals surface area (Å²) in [6.45, 7) is 8.87. The predicted octanol–water partition coefficient (Wildman–Crippen LogP) is 2.77. The van der Waals surface area contributed by atoms with Crippen LogP contribution in [-0.4, -0.2) is 71.9 Å². The normalized spacial score (nSPS) is 20.1. The molecule has 0 aromatic rings. The van der Waals surface area contributed by atoms with Gasteiger partial charge in [0.2, 0.25) is 11.8 Å². The number of carbonyl (C=O) groups is 4. The van der Waals surface area contributed by atoms with Crippen molar-refractivity contribution in [3.8, 4) is 0 Å². The van der Waals surface area contributed by atoms with E-state index in [4.69, 9.17) is 9.47 Å². The lowest BCUT2D eigenvalue weighted by Crippen LogP contribution is -2.42. The van der Waals surface area contributed by atoms with Crippen LogP contribution >= 0.6 is 0 Å². The van der Waals surface area contributed by atoms with Gasteiger partial charge in [-0.2, -0.15) is 0 Å². The second-order valence-corrected chi connectivity index (χ2v) is 8.19. The van der Waals surface area contributed by atoms with Crippen molar-refractivity contribution >= 4 is 23.8 Å². The van der Waals surface area contributed by atoms with Gasteiger partial charge >= 0.3 is 11.9 Å². The Morgan fingerprint density at radius 3 is 1.53 bits per heavy atom. The zero-order valence-corrected chi connectivity index (χ0v) is 19.0. The van der Waals surface area contributed by atoms with Gasteiger partial charge in [0.05, 0.1) is 13.2 Å². The number of ether oxygens (including phenoxy) is 2. The molecule has 0 radical (unpaired) electrons. The Balaban J connectivity index is 1.71. The van der Waals surface area contributed by atoms with Gasteiger partial charge in [-0.1, -0.05) is 12.2 Å². The third kappa shape index (κ3) is 7.50. The van der Waals surface area contributed by atoms with Crippen LogP contribution in [0.25, 0.3) is 0 Å². The van der Waals surface area contributed by atoms with E-state index in [0.717, 1.165) is 12.8 Å². The molecule has 178 valence electrons. The zero-order valence-electron chi connectivity index (χ0n) is 19.0. The maximum absolute atomic E-state index is 12.6. The van der Waals surface area contributed by atoms with Gasteiger partial charge in [-0.05, 0) is 51.4 Å². The molecule has 2 unspecified atom stereocenters. The van der Waals surface area contributed by atoms with E-state index in [2.05, 4.69) is 13.2 Å². The number of hydrogen-bond acceptors (Lipinski definition) is 6. The number of likely N-dealkylation sites (tertiary alicyclic amines) is 2. The molecule has 0 aromatic carbocycles. The van der Waals surface area contributed by atoms with Crippen LogP contribution in [-0.2, 0) is 28.7 Å². The minimum Gasteiger partial charge on any atom is -0.464 e. The van der Waals surface area contributed by atoms with Gasteiger partial charge in [0.1, 0.15) is 12.1 Å². The van der Waals surface area contributed by atoms with E-state index >= 15 is 0 Å². The standard InChI is InChI=1S/C24H36N2O6/c1-3-5-17-31-23(29)19-11-9-15-25(19)21(27)13-7-8-14-22(28)26-16-10-12-20(26)24(30)32-18-6-4-2/h3-4,19-20H,1-2,5-18H2. The molecule has 0 N–H and O–H groups in total. The van der Waals surface area contributed by atoms with E-state index in [0.29, 0.717) is 51.6 Å². The molecule has 2 aliphatic rings. The molecule has 0 bridgehead atoms. The first kappa shape index (κ1) is 25.6. The fraction of sp³-hybridized carbons (Fsp3) is 0.667. The maximum atomic E-state index is 12.6. The summed E-state index contributed by atoms with van der Waals surface area (Å²) in [5, 5.41) is 0. The van der Waals surface area contributed by atoms with Crippen molar-refractivity contribution in [2.24, 2.45) is 0 Å². The predicted molar refractivity (Wildman–Crippen MR) is 119 cm³/mol. The minimum absolute atomic E-state index is 0.0783. The molecular formula is C24H36N2O6. The first-order valence-corrected chi connectivity index (χ1v) is 11.6. The van der Waals surface area contributed by atoms with Gasteiger partial charge in [0.25, 0.3) is 0 Å². The van der Waals surface area contributed by atoms with Gasteiger partial charge in [0.15, 0.2) is 0 Å². The lowest BCUT2D eigenvalue weighted by atomic mass is 10.1. The Labute approximate surface area is 190 Å². The SMILES string of the molecule is C=CCCOC(=O)C1CCCN1C(=O)CCCCC(=O)N1CCCC1C(=O)OCCC=C. The van der Waals surface area contributed by atoms with Crippen LogP contribution in [0.2, 0.25) is 0 Å². The largest absolute Gasteiger partial charge is 0.464 e. The zero-order chi connectivity index (χ0) is 23.3. The number of unbranched alkanes of at least 4 members (excludes halogenated alkanes) is 1. The second kappa shape index (κ2) is 13.7. The summed E-state index contributed by atoms with van der Waals surface area (Å²) in [6, 6.07) is -1.02. The highest BCUT2D eigenvalue weighted by Gasteiger charge is 2.36. The number of amides is 2. The van der Waals surface area contributed by atoms with E-state index < -0.39 is 12.1 Å². The highest BCUT2D eigenvalue weighted by atomic mass is 16.5. The van der Waals surface area contributed by atoms with Crippen LogP contribution in [0.5, 0.6) is 0 Å². The highest BCUT2D eigenvalue weighted by Crippen LogP contribution is 2.22. The maximum Gasteiger partial charge on any atom is 0.328 e. The molecule has 2 amide bonds. The van der Waals surface area contributed by atoms with Crippen LogP contribution in [0.4, 0.5) is 0 Å². The quantitative estimate of drug-likeness (QED) is 0.244. The Hall–Kier alpha value is -2.64. The molecule has 0 aliphatic carbocycles. The third-order valence-electron chi connectivity index (χ3n) is 5.85. The molecule has 0 spiro atoms. The Bertz CT molecular complexity index is 634. The van der Waals surface area contributed by atoms with E-state index in [-0.39, 0.29) is 49.8 Å². The summed E-state index contributed by atoms with van der Waals surface area (Å²) in [6.07, 6.45) is 9.04. The monoisotopic (exact) mass is 448 g/mol. The Kier molecular flexibility index (Phi) is 11.0. The van der Waals surface area contributed by atoms with E-state index in [1.807, 2.05) is 0 Å². The molecule has 0 saturated carbocycles. The molecule has 2 rings (SSSR count). The van der Waals surface area contributed by atoms with Crippen LogP contribution in [0.1, 0.15) is 64.2 Å². The summed E-state index contributed by atoms with van der Waals surface area (Å²) in [4.78, 5) is 52.9. The molecular weight excluding hydrogens is 412 g/mol. The lowest BCUT2D eigenvalue weighted by molar-refractivity contribution is -0.153. The van der Waals surface area contributed by atoms with Gasteiger partial charge < -0.3 is 19.3 Å². The van der Waals surface area contributed by atoms with Crippen molar-refractivity contribution in [3.63, 3.8) is 0 Å². The summed E-state index contributed by atoms with van der Waals surface area (Å²) < 4.78 is 10.4. The number of esters is 2. The Morgan fingerprint density at radius 2 is 1.16 bits per heavy atom. The van der Waals surface area contributed by atoms with Gasteiger partial charge in [-0.25, -0.2) is 9.59 Å². The van der Waals surface area contributed by atoms with Gasteiger partial charge in [-0.3, -0.25) is 9.59 Å². The number of rotatable bonds is 13. The highest BCUT2D eigenvalue weighted by molar-refractivity contribution is 5.86. The second-order valence-electron chi connectivity index (χ2n) is 8.19. The first-order chi connectivity index (χ1) is 15.5. The van der Waals surface area contributed by atoms with E-state index in [1.54, 1.807) is 22.0 Å². The lowest BCUT2D eigenvalue weighted by Gasteiger charge is -2.24. The molecule has 0 aromatic heterocycles. The van der Waals surface area contributed by atoms with Crippen molar-refractivity contribution in [1.82, 2.24) is 9.80 Å². The molecule has 2 heterocycles. The summed E-state index contributed by atoms with van der Waals surface area (Å²) in [7, 11) is 0. The smallest absolute Gasteiger partial charge is 0.328 e. The fourth-order valence-electron chi connectivity index (χ4n) is 4.14. The van der Waals surface area contributed by atoms with Gasteiger partial charge in [0, 0.05) is 25.9 Å². The summed E-state index contributed by atoms with van der Waals surface area (Å²) in [5.74, 6) is -0.864. The molecule has 2 fully saturated rings. The molecule has 8 nitrogen and oxygen atoms in total. The van der Waals surface area contributed by atoms with Crippen molar-refractivity contribution in [2.75, 3.05) is 26.3 Å². The topological polar surface area (TPSA) is 93.2 Å². The number of hydrogen-bond donors (Lipinski definition) is 0. The van der Waals surface area contributed by atoms with Crippen LogP contribution in [0.15, 0.2) is 25.3 Å². The van der Waals surface area contributed by atoms with Crippen LogP contribution in [0, 0.1) is 0 Å². The van der Waals surface area contributed by atoms with Crippen molar-refractivity contribution in [1.29, 1.82) is 0 Å². The van der Waals surface area contributed by atoms with Crippen LogP contribution < -0.4 is 0 Å². The number of nitrogens with zero attached hydrogens (tertiary/aromatic N) is 2. The van der Waals surface area contributed by atoms with Crippen molar-refractivity contribution in [2.45, 2.75) is 76.3 Å². The average Bonchev–Trinajstić information content (AvgIpc) is 3.46. The average molecular weight is 449 g/mol. The summed E-state index contributed by atoms with van der Waals surface area (Å²) in [5.41, 5.74) is 0. The molecule has 2 atom stereocenters. The molecule has 32 heavy (non-hydrogen) atoms. The van der Waals surface area contributed by atoms with Gasteiger partial charge in [-0.15, -0.1) is 13.2 Å². The Morgan fingerprint density at radius 1 is 0.750 bits per heavy atom. The third-order valence-corrected chi connectivity index (χ3v) is 5.85. The first-order valence-electron chi connectivity index (χ1n) is 11.6. The molecule has 2 aliphatic heterocycles. The van der Waals surface area contributed by atoms with E-state index in [9.17, 15) is 19.2 Å². The number of carbonyl (C=O) groups excluding carboxylic acids is 4. The van der Waals surface area contributed by atoms with Crippen molar-refractivity contribution in [3.05, 3.63) is 25.3 Å². The fourth-order valence-corrected chi connectivity index (χ4v) is 4.14. The van der Waals surface area contributed by atoms with E-state index in [1.165, 1.54) is 0 Å². The summed E-state index contributed by atoms with van der Waals surface area (Å²) >= 11 is 0. The van der Waals surface area contributed by atoms with Crippen molar-refractivity contribution < 1.29 is 28.7 Å². The minimum atomic E-state index is -0.508.